The molecule has 0 aliphatic carbocycles. The number of carbonyl (C=O) groups excluding carboxylic acids is 2. The van der Waals surface area contributed by atoms with E-state index < -0.39 is 5.91 Å². The van der Waals surface area contributed by atoms with Crippen molar-refractivity contribution in [1.29, 1.82) is 0 Å². The van der Waals surface area contributed by atoms with E-state index in [0.29, 0.717) is 18.0 Å². The number of amides is 2. The van der Waals surface area contributed by atoms with Gasteiger partial charge in [0.15, 0.2) is 18.1 Å². The van der Waals surface area contributed by atoms with Crippen LogP contribution in [0.3, 0.4) is 0 Å². The summed E-state index contributed by atoms with van der Waals surface area (Å²) in [5, 5.41) is 2.90. The van der Waals surface area contributed by atoms with E-state index in [-0.39, 0.29) is 18.6 Å². The summed E-state index contributed by atoms with van der Waals surface area (Å²) in [5.74, 6) is 0.101. The first-order valence-electron chi connectivity index (χ1n) is 9.23. The largest absolute Gasteiger partial charge is 0.493 e. The lowest BCUT2D eigenvalue weighted by atomic mass is 10.2. The van der Waals surface area contributed by atoms with Crippen molar-refractivity contribution >= 4 is 23.6 Å². The first kappa shape index (κ1) is 21.8. The summed E-state index contributed by atoms with van der Waals surface area (Å²) in [4.78, 5) is 25.1. The van der Waals surface area contributed by atoms with Gasteiger partial charge in [-0.3, -0.25) is 9.59 Å². The van der Waals surface area contributed by atoms with Crippen LogP contribution in [0.5, 0.6) is 11.5 Å². The van der Waals surface area contributed by atoms with Crippen molar-refractivity contribution in [3.63, 3.8) is 0 Å². The Labute approximate surface area is 171 Å². The Hall–Kier alpha value is -3.48. The van der Waals surface area contributed by atoms with Gasteiger partial charge in [0, 0.05) is 31.4 Å². The van der Waals surface area contributed by atoms with E-state index in [1.165, 1.54) is 13.2 Å². The summed E-state index contributed by atoms with van der Waals surface area (Å²) in [5.41, 5.74) is 6.94. The zero-order chi connectivity index (χ0) is 21.2. The van der Waals surface area contributed by atoms with Gasteiger partial charge < -0.3 is 25.4 Å². The molecule has 0 spiro atoms. The predicted octanol–water partition coefficient (Wildman–Crippen LogP) is 2.21. The molecule has 2 aromatic carbocycles. The molecule has 0 aliphatic heterocycles. The standard InChI is InChI=1S/C22H27N3O4/c1-16(25(2)18-7-5-4-6-8-18)14-24-22(27)12-10-17-9-11-19(20(13-17)28-3)29-15-21(23)26/h4-13,16H,14-15H2,1-3H3,(H2,23,26)(H,24,27). The van der Waals surface area contributed by atoms with Crippen molar-refractivity contribution in [3.8, 4) is 11.5 Å². The van der Waals surface area contributed by atoms with E-state index >= 15 is 0 Å². The van der Waals surface area contributed by atoms with Crippen LogP contribution in [0.15, 0.2) is 54.6 Å². The van der Waals surface area contributed by atoms with E-state index in [2.05, 4.69) is 10.2 Å². The fraction of sp³-hybridized carbons (Fsp3) is 0.273. The molecule has 0 aliphatic rings. The van der Waals surface area contributed by atoms with Crippen molar-refractivity contribution in [1.82, 2.24) is 5.32 Å². The maximum Gasteiger partial charge on any atom is 0.255 e. The third-order valence-corrected chi connectivity index (χ3v) is 4.38. The number of rotatable bonds is 10. The second kappa shape index (κ2) is 10.8. The number of primary amides is 1. The Bertz CT molecular complexity index is 852. The highest BCUT2D eigenvalue weighted by molar-refractivity contribution is 5.91. The molecule has 7 heteroatoms. The fourth-order valence-corrected chi connectivity index (χ4v) is 2.59. The molecule has 154 valence electrons. The highest BCUT2D eigenvalue weighted by Gasteiger charge is 2.10. The number of hydrogen-bond donors (Lipinski definition) is 2. The second-order valence-corrected chi connectivity index (χ2v) is 6.54. The Morgan fingerprint density at radius 2 is 1.90 bits per heavy atom. The molecular weight excluding hydrogens is 370 g/mol. The molecule has 0 radical (unpaired) electrons. The van der Waals surface area contributed by atoms with Crippen molar-refractivity contribution < 1.29 is 19.1 Å². The Kier molecular flexibility index (Phi) is 8.09. The molecule has 7 nitrogen and oxygen atoms in total. The number of nitrogens with two attached hydrogens (primary N) is 1. The average molecular weight is 397 g/mol. The molecule has 2 amide bonds. The molecule has 0 heterocycles. The lowest BCUT2D eigenvalue weighted by Crippen LogP contribution is -2.39. The molecule has 1 atom stereocenters. The molecule has 2 rings (SSSR count). The summed E-state index contributed by atoms with van der Waals surface area (Å²) in [6.45, 7) is 2.33. The van der Waals surface area contributed by atoms with Gasteiger partial charge in [-0.1, -0.05) is 24.3 Å². The number of carbonyl (C=O) groups is 2. The molecule has 0 bridgehead atoms. The van der Waals surface area contributed by atoms with Gasteiger partial charge in [0.25, 0.3) is 5.91 Å². The van der Waals surface area contributed by atoms with Crippen molar-refractivity contribution in [2.45, 2.75) is 13.0 Å². The minimum absolute atomic E-state index is 0.136. The van der Waals surface area contributed by atoms with Crippen LogP contribution in [0, 0.1) is 0 Å². The number of ether oxygens (including phenoxy) is 2. The average Bonchev–Trinajstić information content (AvgIpc) is 2.74. The number of para-hydroxylation sites is 1. The summed E-state index contributed by atoms with van der Waals surface area (Å²) >= 11 is 0. The van der Waals surface area contributed by atoms with Gasteiger partial charge in [0.1, 0.15) is 0 Å². The molecule has 0 saturated carbocycles. The van der Waals surface area contributed by atoms with Gasteiger partial charge in [-0.15, -0.1) is 0 Å². The topological polar surface area (TPSA) is 93.9 Å². The van der Waals surface area contributed by atoms with E-state index in [4.69, 9.17) is 15.2 Å². The van der Waals surface area contributed by atoms with E-state index in [0.717, 1.165) is 11.3 Å². The van der Waals surface area contributed by atoms with E-state index in [1.54, 1.807) is 24.3 Å². The number of nitrogens with zero attached hydrogens (tertiary/aromatic N) is 1. The van der Waals surface area contributed by atoms with Crippen LogP contribution in [0.25, 0.3) is 6.08 Å². The van der Waals surface area contributed by atoms with Gasteiger partial charge >= 0.3 is 0 Å². The summed E-state index contributed by atoms with van der Waals surface area (Å²) in [6, 6.07) is 15.3. The molecule has 0 saturated heterocycles. The number of benzene rings is 2. The number of likely N-dealkylation sites (N-methyl/N-ethyl adjacent to an activating group) is 1. The minimum atomic E-state index is -0.570. The number of anilines is 1. The van der Waals surface area contributed by atoms with Crippen LogP contribution < -0.4 is 25.4 Å². The zero-order valence-electron chi connectivity index (χ0n) is 16.9. The summed E-state index contributed by atoms with van der Waals surface area (Å²) < 4.78 is 10.5. The number of methoxy groups -OCH3 is 1. The first-order valence-corrected chi connectivity index (χ1v) is 9.23. The Morgan fingerprint density at radius 3 is 2.55 bits per heavy atom. The van der Waals surface area contributed by atoms with Crippen LogP contribution in [0.4, 0.5) is 5.69 Å². The highest BCUT2D eigenvalue weighted by Crippen LogP contribution is 2.28. The van der Waals surface area contributed by atoms with Crippen LogP contribution in [0.1, 0.15) is 12.5 Å². The van der Waals surface area contributed by atoms with Gasteiger partial charge in [-0.2, -0.15) is 0 Å². The second-order valence-electron chi connectivity index (χ2n) is 6.54. The number of nitrogens with one attached hydrogen (secondary N) is 1. The fourth-order valence-electron chi connectivity index (χ4n) is 2.59. The lowest BCUT2D eigenvalue weighted by molar-refractivity contribution is -0.120. The molecule has 2 aromatic rings. The van der Waals surface area contributed by atoms with Gasteiger partial charge in [0.2, 0.25) is 5.91 Å². The van der Waals surface area contributed by atoms with Gasteiger partial charge in [-0.05, 0) is 42.8 Å². The Morgan fingerprint density at radius 1 is 1.17 bits per heavy atom. The highest BCUT2D eigenvalue weighted by atomic mass is 16.5. The third kappa shape index (κ3) is 6.88. The maximum atomic E-state index is 12.2. The lowest BCUT2D eigenvalue weighted by Gasteiger charge is -2.27. The first-order chi connectivity index (χ1) is 13.9. The zero-order valence-corrected chi connectivity index (χ0v) is 16.9. The van der Waals surface area contributed by atoms with Gasteiger partial charge in [0.05, 0.1) is 7.11 Å². The smallest absolute Gasteiger partial charge is 0.255 e. The van der Waals surface area contributed by atoms with Crippen molar-refractivity contribution in [2.24, 2.45) is 5.73 Å². The third-order valence-electron chi connectivity index (χ3n) is 4.38. The molecule has 0 aromatic heterocycles. The van der Waals surface area contributed by atoms with Crippen LogP contribution in [-0.2, 0) is 9.59 Å². The SMILES string of the molecule is COc1cc(C=CC(=O)NCC(C)N(C)c2ccccc2)ccc1OCC(N)=O. The van der Waals surface area contributed by atoms with Crippen molar-refractivity contribution in [2.75, 3.05) is 32.2 Å². The quantitative estimate of drug-likeness (QED) is 0.600. The molecular formula is C22H27N3O4. The van der Waals surface area contributed by atoms with E-state index in [1.807, 2.05) is 44.3 Å². The molecule has 29 heavy (non-hydrogen) atoms. The van der Waals surface area contributed by atoms with E-state index in [9.17, 15) is 9.59 Å². The van der Waals surface area contributed by atoms with Crippen molar-refractivity contribution in [3.05, 3.63) is 60.2 Å². The summed E-state index contributed by atoms with van der Waals surface area (Å²) in [6.07, 6.45) is 3.15. The molecule has 3 N–H and O–H groups in total. The number of hydrogen-bond acceptors (Lipinski definition) is 5. The van der Waals surface area contributed by atoms with Gasteiger partial charge in [-0.25, -0.2) is 0 Å². The normalized spacial score (nSPS) is 11.7. The molecule has 1 unspecified atom stereocenters. The monoisotopic (exact) mass is 397 g/mol. The summed E-state index contributed by atoms with van der Waals surface area (Å²) in [7, 11) is 3.49. The van der Waals surface area contributed by atoms with Crippen LogP contribution in [0.2, 0.25) is 0 Å². The predicted molar refractivity (Wildman–Crippen MR) is 114 cm³/mol. The van der Waals surface area contributed by atoms with Crippen LogP contribution in [-0.4, -0.2) is 45.2 Å². The Balaban J connectivity index is 1.90. The molecule has 0 fully saturated rings. The minimum Gasteiger partial charge on any atom is -0.493 e. The maximum absolute atomic E-state index is 12.2. The van der Waals surface area contributed by atoms with Crippen LogP contribution >= 0.6 is 0 Å².